The Kier molecular flexibility index (Phi) is 4.76. The number of halogens is 3. The summed E-state index contributed by atoms with van der Waals surface area (Å²) in [4.78, 5) is 12.3. The molecule has 0 aromatic heterocycles. The number of nitrogens with one attached hydrogen (secondary N) is 2. The maximum atomic E-state index is 12.3. The van der Waals surface area contributed by atoms with Gasteiger partial charge in [0.05, 0.1) is 26.3 Å². The first-order valence-electron chi connectivity index (χ1n) is 5.75. The van der Waals surface area contributed by atoms with Gasteiger partial charge in [-0.3, -0.25) is 4.79 Å². The zero-order valence-corrected chi connectivity index (χ0v) is 12.8. The van der Waals surface area contributed by atoms with E-state index in [1.807, 2.05) is 12.1 Å². The average molecular weight is 330 g/mol. The summed E-state index contributed by atoms with van der Waals surface area (Å²) in [5.41, 5.74) is 1.65. The second-order valence-corrected chi connectivity index (χ2v) is 5.22. The van der Waals surface area contributed by atoms with Gasteiger partial charge in [-0.2, -0.15) is 0 Å². The van der Waals surface area contributed by atoms with Gasteiger partial charge < -0.3 is 10.6 Å². The summed E-state index contributed by atoms with van der Waals surface area (Å²) in [7, 11) is 1.75. The average Bonchev–Trinajstić information content (AvgIpc) is 2.44. The second kappa shape index (κ2) is 6.35. The van der Waals surface area contributed by atoms with Crippen LogP contribution in [0.4, 0.5) is 11.4 Å². The molecule has 0 saturated heterocycles. The number of carbonyl (C=O) groups is 1. The summed E-state index contributed by atoms with van der Waals surface area (Å²) in [6, 6.07) is 10.2. The first-order valence-corrected chi connectivity index (χ1v) is 6.89. The van der Waals surface area contributed by atoms with E-state index in [0.717, 1.165) is 5.69 Å². The molecule has 0 aliphatic heterocycles. The number of para-hydroxylation sites is 1. The normalized spacial score (nSPS) is 10.2. The number of hydrogen-bond acceptors (Lipinski definition) is 2. The van der Waals surface area contributed by atoms with Crippen LogP contribution in [0.2, 0.25) is 15.1 Å². The smallest absolute Gasteiger partial charge is 0.257 e. The topological polar surface area (TPSA) is 41.1 Å². The molecular formula is C14H11Cl3N2O. The van der Waals surface area contributed by atoms with Gasteiger partial charge >= 0.3 is 0 Å². The van der Waals surface area contributed by atoms with Gasteiger partial charge in [-0.05, 0) is 24.3 Å². The third kappa shape index (κ3) is 3.18. The van der Waals surface area contributed by atoms with Gasteiger partial charge in [0.15, 0.2) is 0 Å². The van der Waals surface area contributed by atoms with Crippen LogP contribution in [0, 0.1) is 0 Å². The molecule has 0 aliphatic rings. The Balaban J connectivity index is 2.30. The molecular weight excluding hydrogens is 319 g/mol. The van der Waals surface area contributed by atoms with Gasteiger partial charge in [0.25, 0.3) is 5.91 Å². The Labute approximate surface area is 131 Å². The quantitative estimate of drug-likeness (QED) is 0.783. The van der Waals surface area contributed by atoms with Crippen molar-refractivity contribution in [2.24, 2.45) is 0 Å². The van der Waals surface area contributed by atoms with Crippen LogP contribution in [0.1, 0.15) is 10.4 Å². The van der Waals surface area contributed by atoms with Crippen molar-refractivity contribution in [1.82, 2.24) is 0 Å². The van der Waals surface area contributed by atoms with Crippen LogP contribution in [0.15, 0.2) is 36.4 Å². The van der Waals surface area contributed by atoms with Crippen molar-refractivity contribution >= 4 is 52.1 Å². The van der Waals surface area contributed by atoms with Gasteiger partial charge in [0.2, 0.25) is 0 Å². The predicted molar refractivity (Wildman–Crippen MR) is 85.4 cm³/mol. The minimum Gasteiger partial charge on any atom is -0.387 e. The molecule has 0 saturated carbocycles. The van der Waals surface area contributed by atoms with Gasteiger partial charge in [-0.15, -0.1) is 0 Å². The molecule has 6 heteroatoms. The van der Waals surface area contributed by atoms with Crippen molar-refractivity contribution < 1.29 is 4.79 Å². The molecule has 104 valence electrons. The van der Waals surface area contributed by atoms with Crippen molar-refractivity contribution in [3.8, 4) is 0 Å². The summed E-state index contributed by atoms with van der Waals surface area (Å²) in [5.74, 6) is -0.282. The van der Waals surface area contributed by atoms with E-state index in [-0.39, 0.29) is 5.91 Å². The molecule has 0 unspecified atom stereocenters. The molecule has 3 nitrogen and oxygen atoms in total. The molecule has 2 aromatic rings. The highest BCUT2D eigenvalue weighted by atomic mass is 35.5. The third-order valence-corrected chi connectivity index (χ3v) is 3.73. The molecule has 0 spiro atoms. The summed E-state index contributed by atoms with van der Waals surface area (Å²) in [6.07, 6.45) is 0. The molecule has 0 heterocycles. The first-order chi connectivity index (χ1) is 9.52. The molecule has 0 fully saturated rings. The van der Waals surface area contributed by atoms with Gasteiger partial charge in [0.1, 0.15) is 0 Å². The zero-order valence-electron chi connectivity index (χ0n) is 10.5. The standard InChI is InChI=1S/C14H11Cl3N2O/c1-18-12-5-3-2-4-8(12)14(20)19-13-7-10(16)9(15)6-11(13)17/h2-7,18H,1H3,(H,19,20). The molecule has 2 N–H and O–H groups in total. The van der Waals surface area contributed by atoms with Crippen LogP contribution >= 0.6 is 34.8 Å². The molecule has 0 radical (unpaired) electrons. The molecule has 2 rings (SSSR count). The minimum atomic E-state index is -0.282. The summed E-state index contributed by atoms with van der Waals surface area (Å²) in [6.45, 7) is 0. The molecule has 0 aliphatic carbocycles. The second-order valence-electron chi connectivity index (χ2n) is 4.00. The van der Waals surface area contributed by atoms with Crippen molar-refractivity contribution in [2.45, 2.75) is 0 Å². The maximum Gasteiger partial charge on any atom is 0.257 e. The van der Waals surface area contributed by atoms with Crippen molar-refractivity contribution in [2.75, 3.05) is 17.7 Å². The van der Waals surface area contributed by atoms with E-state index in [1.54, 1.807) is 19.2 Å². The number of rotatable bonds is 3. The molecule has 0 bridgehead atoms. The molecule has 0 atom stereocenters. The van der Waals surface area contributed by atoms with E-state index in [0.29, 0.717) is 26.3 Å². The number of anilines is 2. The lowest BCUT2D eigenvalue weighted by atomic mass is 10.1. The monoisotopic (exact) mass is 328 g/mol. The van der Waals surface area contributed by atoms with E-state index < -0.39 is 0 Å². The van der Waals surface area contributed by atoms with Crippen LogP contribution < -0.4 is 10.6 Å². The Morgan fingerprint density at radius 2 is 1.60 bits per heavy atom. The number of amides is 1. The maximum absolute atomic E-state index is 12.3. The predicted octanol–water partition coefficient (Wildman–Crippen LogP) is 4.94. The highest BCUT2D eigenvalue weighted by molar-refractivity contribution is 6.44. The van der Waals surface area contributed by atoms with Crippen molar-refractivity contribution in [3.63, 3.8) is 0 Å². The van der Waals surface area contributed by atoms with Crippen LogP contribution in [-0.4, -0.2) is 13.0 Å². The fourth-order valence-electron chi connectivity index (χ4n) is 1.71. The van der Waals surface area contributed by atoms with Crippen molar-refractivity contribution in [3.05, 3.63) is 57.0 Å². The molecule has 1 amide bonds. The first kappa shape index (κ1) is 15.0. The van der Waals surface area contributed by atoms with E-state index in [4.69, 9.17) is 34.8 Å². The van der Waals surface area contributed by atoms with Crippen LogP contribution in [0.3, 0.4) is 0 Å². The van der Waals surface area contributed by atoms with Crippen LogP contribution in [0.25, 0.3) is 0 Å². The number of benzene rings is 2. The Bertz CT molecular complexity index is 659. The lowest BCUT2D eigenvalue weighted by molar-refractivity contribution is 0.102. The fourth-order valence-corrected chi connectivity index (χ4v) is 2.30. The van der Waals surface area contributed by atoms with Gasteiger partial charge in [0, 0.05) is 12.7 Å². The lowest BCUT2D eigenvalue weighted by Gasteiger charge is -2.11. The van der Waals surface area contributed by atoms with Gasteiger partial charge in [-0.25, -0.2) is 0 Å². The highest BCUT2D eigenvalue weighted by Crippen LogP contribution is 2.32. The van der Waals surface area contributed by atoms with Crippen LogP contribution in [-0.2, 0) is 0 Å². The van der Waals surface area contributed by atoms with Gasteiger partial charge in [-0.1, -0.05) is 46.9 Å². The molecule has 2 aromatic carbocycles. The molecule has 20 heavy (non-hydrogen) atoms. The Hall–Kier alpha value is -1.42. The Morgan fingerprint density at radius 1 is 0.950 bits per heavy atom. The van der Waals surface area contributed by atoms with E-state index >= 15 is 0 Å². The fraction of sp³-hybridized carbons (Fsp3) is 0.0714. The SMILES string of the molecule is CNc1ccccc1C(=O)Nc1cc(Cl)c(Cl)cc1Cl. The van der Waals surface area contributed by atoms with Crippen molar-refractivity contribution in [1.29, 1.82) is 0 Å². The Morgan fingerprint density at radius 3 is 2.30 bits per heavy atom. The van der Waals surface area contributed by atoms with E-state index in [2.05, 4.69) is 10.6 Å². The number of carbonyl (C=O) groups excluding carboxylic acids is 1. The lowest BCUT2D eigenvalue weighted by Crippen LogP contribution is -2.14. The zero-order chi connectivity index (χ0) is 14.7. The summed E-state index contributed by atoms with van der Waals surface area (Å²) >= 11 is 17.8. The van der Waals surface area contributed by atoms with Crippen LogP contribution in [0.5, 0.6) is 0 Å². The highest BCUT2D eigenvalue weighted by Gasteiger charge is 2.13. The third-order valence-electron chi connectivity index (χ3n) is 2.70. The summed E-state index contributed by atoms with van der Waals surface area (Å²) < 4.78 is 0. The largest absolute Gasteiger partial charge is 0.387 e. The van der Waals surface area contributed by atoms with E-state index in [1.165, 1.54) is 12.1 Å². The minimum absolute atomic E-state index is 0.282. The van der Waals surface area contributed by atoms with E-state index in [9.17, 15) is 4.79 Å². The summed E-state index contributed by atoms with van der Waals surface area (Å²) in [5, 5.41) is 6.67. The number of hydrogen-bond donors (Lipinski definition) is 2.